The quantitative estimate of drug-likeness (QED) is 0.796. The molecule has 0 spiro atoms. The van der Waals surface area contributed by atoms with E-state index in [1.54, 1.807) is 0 Å². The third-order valence-corrected chi connectivity index (χ3v) is 2.99. The summed E-state index contributed by atoms with van der Waals surface area (Å²) in [6.07, 6.45) is 3.42. The number of aromatic nitrogens is 1. The van der Waals surface area contributed by atoms with Crippen LogP contribution in [0.25, 0.3) is 0 Å². The van der Waals surface area contributed by atoms with Gasteiger partial charge in [-0.2, -0.15) is 5.26 Å². The lowest BCUT2D eigenvalue weighted by molar-refractivity contribution is 0.0696. The molecule has 0 aliphatic carbocycles. The van der Waals surface area contributed by atoms with E-state index in [9.17, 15) is 4.79 Å². The molecule has 88 valence electrons. The van der Waals surface area contributed by atoms with Crippen LogP contribution >= 0.6 is 0 Å². The lowest BCUT2D eigenvalue weighted by atomic mass is 9.94. The number of pyridine rings is 1. The first-order valence-electron chi connectivity index (χ1n) is 5.56. The number of carbonyl (C=O) groups is 1. The highest BCUT2D eigenvalue weighted by Gasteiger charge is 2.19. The highest BCUT2D eigenvalue weighted by molar-refractivity contribution is 5.90. The highest BCUT2D eigenvalue weighted by atomic mass is 16.4. The Morgan fingerprint density at radius 2 is 2.47 bits per heavy atom. The van der Waals surface area contributed by atoms with E-state index in [1.807, 2.05) is 6.07 Å². The summed E-state index contributed by atoms with van der Waals surface area (Å²) >= 11 is 0. The van der Waals surface area contributed by atoms with Gasteiger partial charge in [0.2, 0.25) is 0 Å². The Kier molecular flexibility index (Phi) is 3.35. The van der Waals surface area contributed by atoms with Crippen molar-refractivity contribution in [1.29, 1.82) is 5.26 Å². The molecule has 1 aliphatic heterocycles. The smallest absolute Gasteiger partial charge is 0.337 e. The van der Waals surface area contributed by atoms with Gasteiger partial charge < -0.3 is 10.4 Å². The average molecular weight is 231 g/mol. The monoisotopic (exact) mass is 231 g/mol. The number of aromatic carboxylic acids is 1. The number of carboxylic acid groups (broad SMARTS) is 1. The molecule has 1 fully saturated rings. The summed E-state index contributed by atoms with van der Waals surface area (Å²) in [5, 5.41) is 21.1. The lowest BCUT2D eigenvalue weighted by Gasteiger charge is -2.22. The van der Waals surface area contributed by atoms with Crippen LogP contribution in [-0.2, 0) is 0 Å². The molecular formula is C12H13N3O2. The minimum Gasteiger partial charge on any atom is -0.478 e. The first-order chi connectivity index (χ1) is 8.22. The predicted octanol–water partition coefficient (Wildman–Crippen LogP) is 1.12. The molecule has 1 aromatic rings. The molecule has 0 saturated carbocycles. The minimum absolute atomic E-state index is 0.0445. The normalized spacial score (nSPS) is 19.6. The Hall–Kier alpha value is -1.93. The van der Waals surface area contributed by atoms with Crippen molar-refractivity contribution in [1.82, 2.24) is 10.3 Å². The molecule has 1 aliphatic rings. The maximum absolute atomic E-state index is 11.0. The number of nitrogens with one attached hydrogen (secondary N) is 1. The van der Waals surface area contributed by atoms with Crippen molar-refractivity contribution < 1.29 is 9.90 Å². The Morgan fingerprint density at radius 3 is 3.06 bits per heavy atom. The van der Waals surface area contributed by atoms with Crippen LogP contribution in [0.2, 0.25) is 0 Å². The summed E-state index contributed by atoms with van der Waals surface area (Å²) in [6, 6.07) is 3.37. The van der Waals surface area contributed by atoms with Crippen LogP contribution in [0.5, 0.6) is 0 Å². The summed E-state index contributed by atoms with van der Waals surface area (Å²) in [5.74, 6) is -0.830. The van der Waals surface area contributed by atoms with E-state index >= 15 is 0 Å². The summed E-state index contributed by atoms with van der Waals surface area (Å²) in [5.41, 5.74) is 0.918. The van der Waals surface area contributed by atoms with Gasteiger partial charge in [-0.05, 0) is 25.5 Å². The molecule has 2 rings (SSSR count). The van der Waals surface area contributed by atoms with Gasteiger partial charge in [0.05, 0.1) is 11.1 Å². The molecule has 1 atom stereocenters. The largest absolute Gasteiger partial charge is 0.478 e. The van der Waals surface area contributed by atoms with Crippen molar-refractivity contribution in [3.63, 3.8) is 0 Å². The summed E-state index contributed by atoms with van der Waals surface area (Å²) in [6.45, 7) is 1.82. The van der Waals surface area contributed by atoms with Crippen molar-refractivity contribution in [2.75, 3.05) is 13.1 Å². The number of rotatable bonds is 2. The van der Waals surface area contributed by atoms with Gasteiger partial charge in [0.15, 0.2) is 0 Å². The van der Waals surface area contributed by atoms with Gasteiger partial charge in [0.25, 0.3) is 0 Å². The fraction of sp³-hybridized carbons (Fsp3) is 0.417. The fourth-order valence-electron chi connectivity index (χ4n) is 2.07. The third-order valence-electron chi connectivity index (χ3n) is 2.99. The molecule has 1 unspecified atom stereocenters. The first-order valence-corrected chi connectivity index (χ1v) is 5.56. The number of carboxylic acids is 1. The van der Waals surface area contributed by atoms with E-state index in [0.29, 0.717) is 0 Å². The molecule has 2 heterocycles. The van der Waals surface area contributed by atoms with Crippen LogP contribution in [0, 0.1) is 11.3 Å². The van der Waals surface area contributed by atoms with Crippen LogP contribution in [0.1, 0.15) is 40.4 Å². The number of hydrogen-bond acceptors (Lipinski definition) is 4. The lowest BCUT2D eigenvalue weighted by Crippen LogP contribution is -2.29. The maximum atomic E-state index is 11.0. The summed E-state index contributed by atoms with van der Waals surface area (Å²) in [4.78, 5) is 15.2. The van der Waals surface area contributed by atoms with E-state index in [0.717, 1.165) is 31.6 Å². The molecule has 0 bridgehead atoms. The molecule has 0 radical (unpaired) electrons. The fourth-order valence-corrected chi connectivity index (χ4v) is 2.07. The van der Waals surface area contributed by atoms with Crippen LogP contribution < -0.4 is 5.32 Å². The van der Waals surface area contributed by atoms with Crippen molar-refractivity contribution in [3.8, 4) is 6.07 Å². The topological polar surface area (TPSA) is 86.0 Å². The zero-order valence-corrected chi connectivity index (χ0v) is 9.31. The van der Waals surface area contributed by atoms with Gasteiger partial charge in [-0.1, -0.05) is 0 Å². The van der Waals surface area contributed by atoms with Crippen molar-refractivity contribution >= 4 is 5.97 Å². The van der Waals surface area contributed by atoms with Crippen LogP contribution in [0.4, 0.5) is 0 Å². The number of nitrogens with zero attached hydrogens (tertiary/aromatic N) is 2. The second kappa shape index (κ2) is 4.93. The minimum atomic E-state index is -1.08. The molecule has 2 N–H and O–H groups in total. The van der Waals surface area contributed by atoms with Gasteiger partial charge in [-0.25, -0.2) is 4.79 Å². The predicted molar refractivity (Wildman–Crippen MR) is 60.8 cm³/mol. The van der Waals surface area contributed by atoms with Gasteiger partial charge in [-0.15, -0.1) is 0 Å². The van der Waals surface area contributed by atoms with Crippen LogP contribution in [-0.4, -0.2) is 29.1 Å². The zero-order chi connectivity index (χ0) is 12.3. The summed E-state index contributed by atoms with van der Waals surface area (Å²) < 4.78 is 0. The zero-order valence-electron chi connectivity index (χ0n) is 9.31. The average Bonchev–Trinajstić information content (AvgIpc) is 2.39. The molecule has 5 nitrogen and oxygen atoms in total. The van der Waals surface area contributed by atoms with E-state index < -0.39 is 5.97 Å². The second-order valence-electron chi connectivity index (χ2n) is 4.11. The first kappa shape index (κ1) is 11.6. The molecule has 17 heavy (non-hydrogen) atoms. The molecule has 5 heteroatoms. The number of nitriles is 1. The Morgan fingerprint density at radius 1 is 1.65 bits per heavy atom. The number of piperidine rings is 1. The second-order valence-corrected chi connectivity index (χ2v) is 4.11. The molecule has 1 aromatic heterocycles. The van der Waals surface area contributed by atoms with E-state index in [2.05, 4.69) is 10.3 Å². The highest BCUT2D eigenvalue weighted by Crippen LogP contribution is 2.23. The third kappa shape index (κ3) is 2.43. The van der Waals surface area contributed by atoms with E-state index in [-0.39, 0.29) is 17.0 Å². The SMILES string of the molecule is N#Cc1cnc(C2CCCNC2)cc1C(=O)O. The van der Waals surface area contributed by atoms with E-state index in [1.165, 1.54) is 12.3 Å². The maximum Gasteiger partial charge on any atom is 0.337 e. The van der Waals surface area contributed by atoms with Gasteiger partial charge in [0.1, 0.15) is 6.07 Å². The Balaban J connectivity index is 2.33. The number of hydrogen-bond donors (Lipinski definition) is 2. The molecular weight excluding hydrogens is 218 g/mol. The van der Waals surface area contributed by atoms with Crippen molar-refractivity contribution in [2.24, 2.45) is 0 Å². The van der Waals surface area contributed by atoms with Gasteiger partial charge in [-0.3, -0.25) is 4.98 Å². The van der Waals surface area contributed by atoms with Crippen molar-refractivity contribution in [3.05, 3.63) is 29.1 Å². The summed E-state index contributed by atoms with van der Waals surface area (Å²) in [7, 11) is 0. The molecule has 0 aromatic carbocycles. The molecule has 1 saturated heterocycles. The van der Waals surface area contributed by atoms with Crippen LogP contribution in [0.3, 0.4) is 0 Å². The van der Waals surface area contributed by atoms with E-state index in [4.69, 9.17) is 10.4 Å². The molecule has 0 amide bonds. The standard InChI is InChI=1S/C12H13N3O2/c13-5-9-7-15-11(4-10(9)12(16)17)8-2-1-3-14-6-8/h4,7-8,14H,1-3,6H2,(H,16,17). The van der Waals surface area contributed by atoms with Gasteiger partial charge in [0, 0.05) is 24.4 Å². The Labute approximate surface area is 99.1 Å². The van der Waals surface area contributed by atoms with Crippen LogP contribution in [0.15, 0.2) is 12.3 Å². The Bertz CT molecular complexity index is 473. The van der Waals surface area contributed by atoms with Crippen molar-refractivity contribution in [2.45, 2.75) is 18.8 Å². The van der Waals surface area contributed by atoms with Gasteiger partial charge >= 0.3 is 5.97 Å².